The number of carbonyl (C=O) groups is 1. The Morgan fingerprint density at radius 1 is 1.37 bits per heavy atom. The van der Waals surface area contributed by atoms with E-state index >= 15 is 0 Å². The van der Waals surface area contributed by atoms with Crippen molar-refractivity contribution in [2.45, 2.75) is 25.9 Å². The van der Waals surface area contributed by atoms with Crippen LogP contribution < -0.4 is 0 Å². The largest absolute Gasteiger partial charge is 0.347 e. The van der Waals surface area contributed by atoms with Gasteiger partial charge in [-0.1, -0.05) is 18.2 Å². The van der Waals surface area contributed by atoms with E-state index in [2.05, 4.69) is 21.1 Å². The highest BCUT2D eigenvalue weighted by Crippen LogP contribution is 2.32. The molecule has 1 atom stereocenters. The van der Waals surface area contributed by atoms with Gasteiger partial charge in [-0.15, -0.1) is 0 Å². The topological polar surface area (TPSA) is 95.5 Å². The zero-order valence-corrected chi connectivity index (χ0v) is 16.8. The highest BCUT2D eigenvalue weighted by Gasteiger charge is 2.32. The molecule has 1 unspecified atom stereocenters. The SMILES string of the molecule is Cc1c(C#N)c2ccccc2n1CC(=O)N1Cc2[nH]cnc2C(c2cnn(C)c2)C1. The van der Waals surface area contributed by atoms with Crippen molar-refractivity contribution in [3.05, 3.63) is 71.2 Å². The van der Waals surface area contributed by atoms with E-state index in [1.165, 1.54) is 0 Å². The lowest BCUT2D eigenvalue weighted by Crippen LogP contribution is -2.40. The van der Waals surface area contributed by atoms with Crippen molar-refractivity contribution in [2.75, 3.05) is 6.54 Å². The summed E-state index contributed by atoms with van der Waals surface area (Å²) in [6.45, 7) is 3.13. The fraction of sp³-hybridized carbons (Fsp3) is 0.273. The molecule has 0 saturated carbocycles. The van der Waals surface area contributed by atoms with Crippen LogP contribution in [-0.2, 0) is 24.9 Å². The zero-order valence-electron chi connectivity index (χ0n) is 16.8. The van der Waals surface area contributed by atoms with Gasteiger partial charge in [0.15, 0.2) is 0 Å². The van der Waals surface area contributed by atoms with E-state index in [4.69, 9.17) is 0 Å². The quantitative estimate of drug-likeness (QED) is 0.572. The summed E-state index contributed by atoms with van der Waals surface area (Å²) in [7, 11) is 1.88. The number of imidazole rings is 1. The Morgan fingerprint density at radius 2 is 2.20 bits per heavy atom. The monoisotopic (exact) mass is 399 g/mol. The third-order valence-corrected chi connectivity index (χ3v) is 5.95. The first-order valence-corrected chi connectivity index (χ1v) is 9.83. The maximum Gasteiger partial charge on any atom is 0.242 e. The van der Waals surface area contributed by atoms with Crippen molar-refractivity contribution >= 4 is 16.8 Å². The minimum atomic E-state index is -0.0187. The van der Waals surface area contributed by atoms with E-state index in [0.29, 0.717) is 18.7 Å². The van der Waals surface area contributed by atoms with Crippen LogP contribution in [0.4, 0.5) is 0 Å². The van der Waals surface area contributed by atoms with Crippen LogP contribution in [0.1, 0.15) is 34.1 Å². The first kappa shape index (κ1) is 18.2. The van der Waals surface area contributed by atoms with E-state index < -0.39 is 0 Å². The number of carbonyl (C=O) groups excluding carboxylic acids is 1. The number of nitrogens with zero attached hydrogens (tertiary/aromatic N) is 6. The minimum absolute atomic E-state index is 0.0116. The van der Waals surface area contributed by atoms with Crippen molar-refractivity contribution < 1.29 is 4.79 Å². The Balaban J connectivity index is 1.47. The summed E-state index contributed by atoms with van der Waals surface area (Å²) in [5, 5.41) is 14.8. The molecule has 0 spiro atoms. The molecular formula is C22H21N7O. The number of hydrogen-bond acceptors (Lipinski definition) is 4. The molecule has 1 N–H and O–H groups in total. The normalized spacial score (nSPS) is 15.9. The standard InChI is InChI=1S/C22H21N7O/c1-14-17(7-23)16-5-3-4-6-20(16)29(14)12-21(30)28-10-18(15-8-26-27(2)9-15)22-19(11-28)24-13-25-22/h3-6,8-9,13,18H,10-12H2,1-2H3,(H,24,25). The molecule has 1 amide bonds. The van der Waals surface area contributed by atoms with Crippen LogP contribution in [0.2, 0.25) is 0 Å². The summed E-state index contributed by atoms with van der Waals surface area (Å²) < 4.78 is 3.71. The smallest absolute Gasteiger partial charge is 0.242 e. The molecule has 150 valence electrons. The van der Waals surface area contributed by atoms with E-state index in [9.17, 15) is 10.1 Å². The van der Waals surface area contributed by atoms with Crippen LogP contribution in [0.5, 0.6) is 0 Å². The van der Waals surface area contributed by atoms with Crippen molar-refractivity contribution in [1.29, 1.82) is 5.26 Å². The number of nitrogens with one attached hydrogen (secondary N) is 1. The van der Waals surface area contributed by atoms with Crippen LogP contribution in [0.15, 0.2) is 43.0 Å². The Kier molecular flexibility index (Phi) is 4.17. The summed E-state index contributed by atoms with van der Waals surface area (Å²) in [5.74, 6) is -0.00712. The number of aromatic nitrogens is 5. The van der Waals surface area contributed by atoms with Crippen LogP contribution in [-0.4, -0.2) is 41.7 Å². The number of rotatable bonds is 3. The number of nitriles is 1. The summed E-state index contributed by atoms with van der Waals surface area (Å²) in [6, 6.07) is 10.0. The van der Waals surface area contributed by atoms with Crippen LogP contribution in [0, 0.1) is 18.3 Å². The van der Waals surface area contributed by atoms with E-state index in [1.807, 2.05) is 60.1 Å². The van der Waals surface area contributed by atoms with Crippen LogP contribution in [0.3, 0.4) is 0 Å². The predicted octanol–water partition coefficient (Wildman–Crippen LogP) is 2.45. The van der Waals surface area contributed by atoms with Gasteiger partial charge in [-0.2, -0.15) is 10.4 Å². The molecule has 0 aliphatic carbocycles. The van der Waals surface area contributed by atoms with E-state index in [1.54, 1.807) is 11.0 Å². The second-order valence-corrected chi connectivity index (χ2v) is 7.72. The molecule has 0 bridgehead atoms. The number of para-hydroxylation sites is 1. The Morgan fingerprint density at radius 3 is 2.97 bits per heavy atom. The Labute approximate surface area is 173 Å². The molecule has 30 heavy (non-hydrogen) atoms. The fourth-order valence-corrected chi connectivity index (χ4v) is 4.41. The van der Waals surface area contributed by atoms with E-state index in [0.717, 1.165) is 33.5 Å². The van der Waals surface area contributed by atoms with Gasteiger partial charge in [-0.05, 0) is 13.0 Å². The molecular weight excluding hydrogens is 378 g/mol. The third-order valence-electron chi connectivity index (χ3n) is 5.95. The van der Waals surface area contributed by atoms with Gasteiger partial charge in [-0.3, -0.25) is 9.48 Å². The third kappa shape index (κ3) is 2.78. The molecule has 0 saturated heterocycles. The van der Waals surface area contributed by atoms with Crippen molar-refractivity contribution in [3.63, 3.8) is 0 Å². The first-order valence-electron chi connectivity index (χ1n) is 9.83. The van der Waals surface area contributed by atoms with Gasteiger partial charge in [0.25, 0.3) is 0 Å². The van der Waals surface area contributed by atoms with Gasteiger partial charge >= 0.3 is 0 Å². The summed E-state index contributed by atoms with van der Waals surface area (Å²) in [6.07, 6.45) is 5.49. The molecule has 4 heterocycles. The van der Waals surface area contributed by atoms with Crippen LogP contribution in [0.25, 0.3) is 10.9 Å². The Hall–Kier alpha value is -3.86. The predicted molar refractivity (Wildman–Crippen MR) is 110 cm³/mol. The van der Waals surface area contributed by atoms with Crippen molar-refractivity contribution in [2.24, 2.45) is 7.05 Å². The molecule has 1 aliphatic heterocycles. The van der Waals surface area contributed by atoms with Gasteiger partial charge < -0.3 is 14.5 Å². The lowest BCUT2D eigenvalue weighted by molar-refractivity contribution is -0.133. The first-order chi connectivity index (χ1) is 14.6. The molecule has 1 aliphatic rings. The highest BCUT2D eigenvalue weighted by atomic mass is 16.2. The second kappa shape index (κ2) is 6.88. The average molecular weight is 399 g/mol. The number of aryl methyl sites for hydroxylation is 1. The molecule has 3 aromatic heterocycles. The lowest BCUT2D eigenvalue weighted by atomic mass is 9.93. The van der Waals surface area contributed by atoms with Crippen molar-refractivity contribution in [3.8, 4) is 6.07 Å². The number of amides is 1. The number of hydrogen-bond donors (Lipinski definition) is 1. The zero-order chi connectivity index (χ0) is 20.8. The van der Waals surface area contributed by atoms with Crippen molar-refractivity contribution in [1.82, 2.24) is 29.2 Å². The molecule has 0 radical (unpaired) electrons. The Bertz CT molecular complexity index is 1300. The molecule has 8 nitrogen and oxygen atoms in total. The number of H-pyrrole nitrogens is 1. The molecule has 4 aromatic rings. The number of benzene rings is 1. The summed E-state index contributed by atoms with van der Waals surface area (Å²) in [4.78, 5) is 22.9. The van der Waals surface area contributed by atoms with Crippen LogP contribution >= 0.6 is 0 Å². The second-order valence-electron chi connectivity index (χ2n) is 7.72. The molecule has 5 rings (SSSR count). The van der Waals surface area contributed by atoms with Gasteiger partial charge in [0.05, 0.1) is 41.5 Å². The molecule has 8 heteroatoms. The summed E-state index contributed by atoms with van der Waals surface area (Å²) in [5.41, 5.74) is 5.31. The van der Waals surface area contributed by atoms with Gasteiger partial charge in [-0.25, -0.2) is 4.98 Å². The lowest BCUT2D eigenvalue weighted by Gasteiger charge is -2.32. The maximum atomic E-state index is 13.3. The highest BCUT2D eigenvalue weighted by molar-refractivity contribution is 5.89. The average Bonchev–Trinajstić information content (AvgIpc) is 3.46. The van der Waals surface area contributed by atoms with E-state index in [-0.39, 0.29) is 18.4 Å². The molecule has 1 aromatic carbocycles. The molecule has 0 fully saturated rings. The number of fused-ring (bicyclic) bond motifs is 2. The minimum Gasteiger partial charge on any atom is -0.347 e. The van der Waals surface area contributed by atoms with Gasteiger partial charge in [0.2, 0.25) is 5.91 Å². The fourth-order valence-electron chi connectivity index (χ4n) is 4.41. The maximum absolute atomic E-state index is 13.3. The number of aromatic amines is 1. The summed E-state index contributed by atoms with van der Waals surface area (Å²) >= 11 is 0. The van der Waals surface area contributed by atoms with Gasteiger partial charge in [0.1, 0.15) is 12.6 Å². The van der Waals surface area contributed by atoms with Gasteiger partial charge in [0, 0.05) is 42.4 Å².